The molecule has 6 nitrogen and oxygen atoms in total. The lowest BCUT2D eigenvalue weighted by Gasteiger charge is -2.36. The Morgan fingerprint density at radius 2 is 2.29 bits per heavy atom. The van der Waals surface area contributed by atoms with Crippen molar-refractivity contribution in [3.8, 4) is 0 Å². The highest BCUT2D eigenvalue weighted by Crippen LogP contribution is 2.17. The minimum atomic E-state index is -0.311. The Labute approximate surface area is 125 Å². The van der Waals surface area contributed by atoms with Gasteiger partial charge in [-0.05, 0) is 25.5 Å². The second-order valence-electron chi connectivity index (χ2n) is 5.30. The molecule has 1 aromatic heterocycles. The summed E-state index contributed by atoms with van der Waals surface area (Å²) in [5.41, 5.74) is 1.50. The first-order valence-electron chi connectivity index (χ1n) is 7.31. The predicted molar refractivity (Wildman–Crippen MR) is 80.5 cm³/mol. The molecular formula is C15H23N3O3. The minimum absolute atomic E-state index is 0.0443. The molecule has 116 valence electrons. The van der Waals surface area contributed by atoms with E-state index in [4.69, 9.17) is 4.74 Å². The normalized spacial score (nSPS) is 22.2. The van der Waals surface area contributed by atoms with Crippen molar-refractivity contribution in [2.75, 3.05) is 32.1 Å². The van der Waals surface area contributed by atoms with Crippen LogP contribution >= 0.6 is 0 Å². The topological polar surface area (TPSA) is 74.7 Å². The van der Waals surface area contributed by atoms with E-state index in [-0.39, 0.29) is 24.7 Å². The van der Waals surface area contributed by atoms with Crippen LogP contribution in [0, 0.1) is 0 Å². The van der Waals surface area contributed by atoms with Crippen molar-refractivity contribution in [1.29, 1.82) is 0 Å². The van der Waals surface area contributed by atoms with Gasteiger partial charge in [0, 0.05) is 31.4 Å². The first kappa shape index (κ1) is 15.7. The number of carbonyl (C=O) groups excluding carboxylic acids is 1. The maximum Gasteiger partial charge on any atom is 0.254 e. The number of nitrogens with zero attached hydrogens (tertiary/aromatic N) is 2. The zero-order valence-electron chi connectivity index (χ0n) is 12.8. The van der Waals surface area contributed by atoms with E-state index in [1.165, 1.54) is 0 Å². The molecule has 1 aromatic rings. The lowest BCUT2D eigenvalue weighted by atomic mass is 10.1. The average Bonchev–Trinajstić information content (AvgIpc) is 2.52. The summed E-state index contributed by atoms with van der Waals surface area (Å²) in [7, 11) is 1.79. The third kappa shape index (κ3) is 3.71. The third-order valence-corrected chi connectivity index (χ3v) is 3.56. The molecule has 1 fully saturated rings. The minimum Gasteiger partial charge on any atom is -0.394 e. The number of nitrogens with one attached hydrogen (secondary N) is 1. The fourth-order valence-corrected chi connectivity index (χ4v) is 2.51. The molecular weight excluding hydrogens is 270 g/mol. The number of amides is 1. The monoisotopic (exact) mass is 293 g/mol. The van der Waals surface area contributed by atoms with Crippen molar-refractivity contribution in [1.82, 2.24) is 9.88 Å². The molecule has 0 bridgehead atoms. The Bertz CT molecular complexity index is 485. The summed E-state index contributed by atoms with van der Waals surface area (Å²) in [5, 5.41) is 12.2. The van der Waals surface area contributed by atoms with Gasteiger partial charge < -0.3 is 20.1 Å². The molecule has 2 N–H and O–H groups in total. The van der Waals surface area contributed by atoms with Crippen LogP contribution in [-0.4, -0.2) is 59.8 Å². The van der Waals surface area contributed by atoms with E-state index in [0.717, 1.165) is 12.1 Å². The molecule has 21 heavy (non-hydrogen) atoms. The zero-order valence-corrected chi connectivity index (χ0v) is 12.8. The number of carbonyl (C=O) groups is 1. The lowest BCUT2D eigenvalue weighted by Crippen LogP contribution is -2.50. The summed E-state index contributed by atoms with van der Waals surface area (Å²) < 4.78 is 5.57. The molecule has 0 radical (unpaired) electrons. The van der Waals surface area contributed by atoms with E-state index in [1.807, 2.05) is 19.9 Å². The van der Waals surface area contributed by atoms with Gasteiger partial charge in [0.1, 0.15) is 5.82 Å². The number of pyridine rings is 1. The summed E-state index contributed by atoms with van der Waals surface area (Å²) >= 11 is 0. The van der Waals surface area contributed by atoms with Crippen LogP contribution in [0.15, 0.2) is 12.1 Å². The average molecular weight is 293 g/mol. The summed E-state index contributed by atoms with van der Waals surface area (Å²) in [6.45, 7) is 4.79. The fraction of sp³-hybridized carbons (Fsp3) is 0.600. The molecule has 1 aliphatic rings. The van der Waals surface area contributed by atoms with Crippen molar-refractivity contribution in [3.05, 3.63) is 23.4 Å². The van der Waals surface area contributed by atoms with Crippen LogP contribution in [-0.2, 0) is 11.2 Å². The molecule has 0 spiro atoms. The first-order chi connectivity index (χ1) is 10.1. The molecule has 2 rings (SSSR count). The second-order valence-corrected chi connectivity index (χ2v) is 5.30. The third-order valence-electron chi connectivity index (χ3n) is 3.56. The number of ether oxygens (including phenoxy) is 1. The van der Waals surface area contributed by atoms with E-state index in [1.54, 1.807) is 18.0 Å². The number of anilines is 1. The van der Waals surface area contributed by atoms with Crippen LogP contribution < -0.4 is 5.32 Å². The highest BCUT2D eigenvalue weighted by Gasteiger charge is 2.28. The molecule has 0 aromatic carbocycles. The largest absolute Gasteiger partial charge is 0.394 e. The maximum absolute atomic E-state index is 12.7. The van der Waals surface area contributed by atoms with Crippen molar-refractivity contribution >= 4 is 11.7 Å². The van der Waals surface area contributed by atoms with Crippen LogP contribution in [0.5, 0.6) is 0 Å². The maximum atomic E-state index is 12.7. The highest BCUT2D eigenvalue weighted by molar-refractivity contribution is 5.95. The molecule has 1 saturated heterocycles. The summed E-state index contributed by atoms with van der Waals surface area (Å²) in [4.78, 5) is 18.8. The molecule has 2 unspecified atom stereocenters. The van der Waals surface area contributed by atoms with Crippen molar-refractivity contribution < 1.29 is 14.6 Å². The standard InChI is InChI=1S/C15H23N3O3/c1-4-12-5-11(6-14(16-3)17-12)15(20)18-7-10(2)21-13(8-18)9-19/h5-6,10,13,19H,4,7-9H2,1-3H3,(H,16,17). The molecule has 2 heterocycles. The Hall–Kier alpha value is -1.66. The molecule has 2 atom stereocenters. The first-order valence-corrected chi connectivity index (χ1v) is 7.31. The summed E-state index contributed by atoms with van der Waals surface area (Å²) in [5.74, 6) is 0.648. The number of morpholine rings is 1. The van der Waals surface area contributed by atoms with Crippen molar-refractivity contribution in [2.45, 2.75) is 32.5 Å². The molecule has 1 amide bonds. The SMILES string of the molecule is CCc1cc(C(=O)N2CC(C)OC(CO)C2)cc(NC)n1. The van der Waals surface area contributed by atoms with Gasteiger partial charge in [-0.1, -0.05) is 6.92 Å². The summed E-state index contributed by atoms with van der Waals surface area (Å²) in [6.07, 6.45) is 0.388. The fourth-order valence-electron chi connectivity index (χ4n) is 2.51. The number of aromatic nitrogens is 1. The smallest absolute Gasteiger partial charge is 0.254 e. The van der Waals surface area contributed by atoms with E-state index in [9.17, 15) is 9.90 Å². The number of aryl methyl sites for hydroxylation is 1. The van der Waals surface area contributed by atoms with Crippen LogP contribution in [0.4, 0.5) is 5.82 Å². The number of aliphatic hydroxyl groups excluding tert-OH is 1. The van der Waals surface area contributed by atoms with Gasteiger partial charge >= 0.3 is 0 Å². The lowest BCUT2D eigenvalue weighted by molar-refractivity contribution is -0.0858. The number of hydrogen-bond acceptors (Lipinski definition) is 5. The van der Waals surface area contributed by atoms with E-state index >= 15 is 0 Å². The molecule has 6 heteroatoms. The van der Waals surface area contributed by atoms with Gasteiger partial charge in [-0.2, -0.15) is 0 Å². The quantitative estimate of drug-likeness (QED) is 0.863. The Balaban J connectivity index is 2.22. The second kappa shape index (κ2) is 6.87. The Kier molecular flexibility index (Phi) is 5.14. The Morgan fingerprint density at radius 1 is 1.52 bits per heavy atom. The highest BCUT2D eigenvalue weighted by atomic mass is 16.5. The zero-order chi connectivity index (χ0) is 15.4. The van der Waals surface area contributed by atoms with Gasteiger partial charge in [-0.15, -0.1) is 0 Å². The van der Waals surface area contributed by atoms with Crippen LogP contribution in [0.1, 0.15) is 29.9 Å². The van der Waals surface area contributed by atoms with Crippen LogP contribution in [0.2, 0.25) is 0 Å². The van der Waals surface area contributed by atoms with Gasteiger partial charge in [0.15, 0.2) is 0 Å². The van der Waals surface area contributed by atoms with Gasteiger partial charge in [-0.25, -0.2) is 4.98 Å². The van der Waals surface area contributed by atoms with Crippen molar-refractivity contribution in [2.24, 2.45) is 0 Å². The number of hydrogen-bond donors (Lipinski definition) is 2. The molecule has 0 saturated carbocycles. The van der Waals surface area contributed by atoms with Gasteiger partial charge in [-0.3, -0.25) is 4.79 Å². The number of aliphatic hydroxyl groups is 1. The van der Waals surface area contributed by atoms with Crippen LogP contribution in [0.3, 0.4) is 0 Å². The molecule has 0 aliphatic carbocycles. The van der Waals surface area contributed by atoms with E-state index < -0.39 is 0 Å². The number of rotatable bonds is 4. The van der Waals surface area contributed by atoms with Crippen LogP contribution in [0.25, 0.3) is 0 Å². The van der Waals surface area contributed by atoms with Gasteiger partial charge in [0.2, 0.25) is 0 Å². The van der Waals surface area contributed by atoms with Crippen molar-refractivity contribution in [3.63, 3.8) is 0 Å². The summed E-state index contributed by atoms with van der Waals surface area (Å²) in [6, 6.07) is 3.59. The predicted octanol–water partition coefficient (Wildman–Crippen LogP) is 0.907. The van der Waals surface area contributed by atoms with Gasteiger partial charge in [0.05, 0.1) is 18.8 Å². The van der Waals surface area contributed by atoms with Gasteiger partial charge in [0.25, 0.3) is 5.91 Å². The van der Waals surface area contributed by atoms with E-state index in [0.29, 0.717) is 24.5 Å². The van der Waals surface area contributed by atoms with E-state index in [2.05, 4.69) is 10.3 Å². The molecule has 1 aliphatic heterocycles. The Morgan fingerprint density at radius 3 is 2.90 bits per heavy atom.